The number of hydrogen-bond donors (Lipinski definition) is 2. The Kier molecular flexibility index (Phi) is 2.80. The molecule has 0 bridgehead atoms. The van der Waals surface area contributed by atoms with Gasteiger partial charge in [-0.1, -0.05) is 28.1 Å². The lowest BCUT2D eigenvalue weighted by Crippen LogP contribution is -2.37. The van der Waals surface area contributed by atoms with Crippen LogP contribution in [-0.4, -0.2) is 17.1 Å². The summed E-state index contributed by atoms with van der Waals surface area (Å²) in [6, 6.07) is 5.49. The van der Waals surface area contributed by atoms with Crippen molar-refractivity contribution in [1.29, 1.82) is 0 Å². The van der Waals surface area contributed by atoms with Gasteiger partial charge in [0.1, 0.15) is 0 Å². The van der Waals surface area contributed by atoms with Gasteiger partial charge in [-0.05, 0) is 30.0 Å². The molecule has 0 amide bonds. The van der Waals surface area contributed by atoms with Crippen LogP contribution in [-0.2, 0) is 11.2 Å². The van der Waals surface area contributed by atoms with Gasteiger partial charge in [0.15, 0.2) is 0 Å². The minimum atomic E-state index is -0.838. The number of carbonyl (C=O) groups is 1. The molecule has 4 heteroatoms. The minimum absolute atomic E-state index is 0.284. The second kappa shape index (κ2) is 3.94. The van der Waals surface area contributed by atoms with Crippen LogP contribution in [0.3, 0.4) is 0 Å². The molecule has 0 spiro atoms. The van der Waals surface area contributed by atoms with Crippen LogP contribution in [0.4, 0.5) is 0 Å². The summed E-state index contributed by atoms with van der Waals surface area (Å²) in [6.45, 7) is 0. The molecular formula is C11H12BrNO2. The monoisotopic (exact) mass is 269 g/mol. The molecule has 2 unspecified atom stereocenters. The third-order valence-electron chi connectivity index (χ3n) is 2.90. The van der Waals surface area contributed by atoms with E-state index in [1.807, 2.05) is 18.2 Å². The zero-order chi connectivity index (χ0) is 11.0. The van der Waals surface area contributed by atoms with Crippen molar-refractivity contribution in [1.82, 2.24) is 0 Å². The topological polar surface area (TPSA) is 63.3 Å². The molecule has 0 fully saturated rings. The van der Waals surface area contributed by atoms with Gasteiger partial charge in [0.2, 0.25) is 0 Å². The first-order valence-electron chi connectivity index (χ1n) is 4.87. The summed E-state index contributed by atoms with van der Waals surface area (Å²) in [5, 5.41) is 9.18. The van der Waals surface area contributed by atoms with Crippen LogP contribution in [0.2, 0.25) is 0 Å². The fourth-order valence-electron chi connectivity index (χ4n) is 2.16. The van der Waals surface area contributed by atoms with E-state index in [1.54, 1.807) is 0 Å². The van der Waals surface area contributed by atoms with E-state index >= 15 is 0 Å². The second-order valence-electron chi connectivity index (χ2n) is 3.83. The molecule has 2 rings (SSSR count). The smallest absolute Gasteiger partial charge is 0.312 e. The number of benzene rings is 1. The van der Waals surface area contributed by atoms with Crippen LogP contribution in [0.1, 0.15) is 23.5 Å². The summed E-state index contributed by atoms with van der Waals surface area (Å²) >= 11 is 3.40. The lowest BCUT2D eigenvalue weighted by molar-refractivity contribution is -0.139. The van der Waals surface area contributed by atoms with Crippen molar-refractivity contribution in [3.05, 3.63) is 33.8 Å². The lowest BCUT2D eigenvalue weighted by Gasteiger charge is -2.29. The molecule has 0 saturated carbocycles. The van der Waals surface area contributed by atoms with E-state index in [-0.39, 0.29) is 6.04 Å². The largest absolute Gasteiger partial charge is 0.481 e. The molecule has 1 aliphatic carbocycles. The van der Waals surface area contributed by atoms with Crippen LogP contribution in [0.5, 0.6) is 0 Å². The Morgan fingerprint density at radius 3 is 2.93 bits per heavy atom. The Balaban J connectivity index is 2.55. The van der Waals surface area contributed by atoms with E-state index in [1.165, 1.54) is 0 Å². The number of rotatable bonds is 1. The van der Waals surface area contributed by atoms with Gasteiger partial charge in [-0.3, -0.25) is 4.79 Å². The Hall–Kier alpha value is -0.870. The third kappa shape index (κ3) is 1.79. The number of halogens is 1. The molecule has 1 aromatic carbocycles. The molecular weight excluding hydrogens is 258 g/mol. The van der Waals surface area contributed by atoms with E-state index in [9.17, 15) is 9.90 Å². The summed E-state index contributed by atoms with van der Waals surface area (Å²) in [4.78, 5) is 11.2. The summed E-state index contributed by atoms with van der Waals surface area (Å²) in [5.41, 5.74) is 7.81. The number of carboxylic acid groups (broad SMARTS) is 1. The maximum atomic E-state index is 11.2. The summed E-state index contributed by atoms with van der Waals surface area (Å²) in [7, 11) is 0. The van der Waals surface area contributed by atoms with Crippen molar-refractivity contribution in [2.75, 3.05) is 0 Å². The minimum Gasteiger partial charge on any atom is -0.481 e. The number of aliphatic carboxylic acids is 1. The number of aryl methyl sites for hydroxylation is 1. The van der Waals surface area contributed by atoms with Crippen molar-refractivity contribution in [2.45, 2.75) is 24.8 Å². The average molecular weight is 270 g/mol. The summed E-state index contributed by atoms with van der Waals surface area (Å²) in [6.07, 6.45) is 1.60. The summed E-state index contributed by atoms with van der Waals surface area (Å²) in [5.74, 6) is -1.42. The molecule has 80 valence electrons. The number of hydrogen-bond acceptors (Lipinski definition) is 2. The van der Waals surface area contributed by atoms with Gasteiger partial charge in [-0.2, -0.15) is 0 Å². The lowest BCUT2D eigenvalue weighted by atomic mass is 9.80. The molecule has 0 heterocycles. The molecule has 3 N–H and O–H groups in total. The molecule has 0 saturated heterocycles. The van der Waals surface area contributed by atoms with Crippen LogP contribution in [0, 0.1) is 0 Å². The van der Waals surface area contributed by atoms with Gasteiger partial charge in [-0.15, -0.1) is 0 Å². The van der Waals surface area contributed by atoms with E-state index < -0.39 is 11.9 Å². The quantitative estimate of drug-likeness (QED) is 0.819. The summed E-state index contributed by atoms with van der Waals surface area (Å²) < 4.78 is 0.850. The molecule has 0 aromatic heterocycles. The molecule has 0 radical (unpaired) electrons. The average Bonchev–Trinajstić information content (AvgIpc) is 2.18. The van der Waals surface area contributed by atoms with Crippen LogP contribution in [0.15, 0.2) is 22.7 Å². The van der Waals surface area contributed by atoms with Crippen molar-refractivity contribution in [3.63, 3.8) is 0 Å². The molecule has 3 nitrogen and oxygen atoms in total. The first kappa shape index (κ1) is 10.6. The highest BCUT2D eigenvalue weighted by atomic mass is 79.9. The zero-order valence-electron chi connectivity index (χ0n) is 8.11. The van der Waals surface area contributed by atoms with Crippen LogP contribution in [0.25, 0.3) is 0 Å². The van der Waals surface area contributed by atoms with E-state index in [0.29, 0.717) is 0 Å². The van der Waals surface area contributed by atoms with Crippen LogP contribution >= 0.6 is 15.9 Å². The fraction of sp³-hybridized carbons (Fsp3) is 0.364. The number of carboxylic acids is 1. The predicted molar refractivity (Wildman–Crippen MR) is 60.8 cm³/mol. The molecule has 1 aliphatic rings. The zero-order valence-corrected chi connectivity index (χ0v) is 9.70. The second-order valence-corrected chi connectivity index (χ2v) is 4.69. The Labute approximate surface area is 96.4 Å². The molecule has 0 aliphatic heterocycles. The van der Waals surface area contributed by atoms with Gasteiger partial charge in [0, 0.05) is 10.5 Å². The predicted octanol–water partition coefficient (Wildman–Crippen LogP) is 1.89. The standard InChI is InChI=1S/C11H12BrNO2/c12-7-3-1-2-6-4-5-8(13)10(9(6)7)11(14)15/h1-3,8,10H,4-5,13H2,(H,14,15). The molecule has 15 heavy (non-hydrogen) atoms. The van der Waals surface area contributed by atoms with E-state index in [2.05, 4.69) is 15.9 Å². The third-order valence-corrected chi connectivity index (χ3v) is 3.59. The van der Waals surface area contributed by atoms with Crippen molar-refractivity contribution in [3.8, 4) is 0 Å². The van der Waals surface area contributed by atoms with Crippen LogP contribution < -0.4 is 5.73 Å². The number of nitrogens with two attached hydrogens (primary N) is 1. The normalized spacial score (nSPS) is 24.7. The van der Waals surface area contributed by atoms with E-state index in [0.717, 1.165) is 28.4 Å². The van der Waals surface area contributed by atoms with Gasteiger partial charge >= 0.3 is 5.97 Å². The fourth-order valence-corrected chi connectivity index (χ4v) is 2.81. The Morgan fingerprint density at radius 2 is 2.27 bits per heavy atom. The van der Waals surface area contributed by atoms with Crippen molar-refractivity contribution < 1.29 is 9.90 Å². The van der Waals surface area contributed by atoms with Crippen molar-refractivity contribution >= 4 is 21.9 Å². The molecule has 2 atom stereocenters. The van der Waals surface area contributed by atoms with Gasteiger partial charge in [0.25, 0.3) is 0 Å². The Morgan fingerprint density at radius 1 is 1.53 bits per heavy atom. The maximum Gasteiger partial charge on any atom is 0.312 e. The van der Waals surface area contributed by atoms with Gasteiger partial charge in [-0.25, -0.2) is 0 Å². The van der Waals surface area contributed by atoms with Gasteiger partial charge in [0.05, 0.1) is 5.92 Å². The van der Waals surface area contributed by atoms with Gasteiger partial charge < -0.3 is 10.8 Å². The van der Waals surface area contributed by atoms with E-state index in [4.69, 9.17) is 5.73 Å². The first-order chi connectivity index (χ1) is 7.11. The number of fused-ring (bicyclic) bond motifs is 1. The molecule has 1 aromatic rings. The highest BCUT2D eigenvalue weighted by Crippen LogP contribution is 2.36. The first-order valence-corrected chi connectivity index (χ1v) is 5.66. The highest BCUT2D eigenvalue weighted by Gasteiger charge is 2.33. The SMILES string of the molecule is NC1CCc2cccc(Br)c2C1C(=O)O. The highest BCUT2D eigenvalue weighted by molar-refractivity contribution is 9.10. The van der Waals surface area contributed by atoms with Crippen molar-refractivity contribution in [2.24, 2.45) is 5.73 Å². The maximum absolute atomic E-state index is 11.2. The Bertz CT molecular complexity index is 406.